The summed E-state index contributed by atoms with van der Waals surface area (Å²) in [6, 6.07) is 9.77. The molecule has 0 radical (unpaired) electrons. The Morgan fingerprint density at radius 2 is 2.06 bits per heavy atom. The zero-order valence-corrected chi connectivity index (χ0v) is 11.1. The molecule has 1 amide bonds. The molecule has 0 bridgehead atoms. The molecule has 1 saturated heterocycles. The molecule has 3 nitrogen and oxygen atoms in total. The van der Waals surface area contributed by atoms with Crippen molar-refractivity contribution in [3.05, 3.63) is 35.9 Å². The molecule has 96 valence electrons. The monoisotopic (exact) mass is 265 g/mol. The van der Waals surface area contributed by atoms with Gasteiger partial charge in [0.2, 0.25) is 11.1 Å². The second-order valence-electron chi connectivity index (χ2n) is 4.92. The lowest BCUT2D eigenvalue weighted by Crippen LogP contribution is -2.49. The largest absolute Gasteiger partial charge is 0.337 e. The summed E-state index contributed by atoms with van der Waals surface area (Å²) in [6.45, 7) is 2.87. The van der Waals surface area contributed by atoms with Crippen molar-refractivity contribution in [2.24, 2.45) is 5.41 Å². The maximum atomic E-state index is 12.3. The van der Waals surface area contributed by atoms with Crippen LogP contribution in [-0.2, 0) is 16.1 Å². The highest BCUT2D eigenvalue weighted by Crippen LogP contribution is 2.33. The van der Waals surface area contributed by atoms with Gasteiger partial charge in [0.05, 0.1) is 0 Å². The van der Waals surface area contributed by atoms with E-state index in [0.29, 0.717) is 19.5 Å². The molecule has 1 aromatic rings. The van der Waals surface area contributed by atoms with Crippen LogP contribution >= 0.6 is 11.6 Å². The topological polar surface area (TPSA) is 37.4 Å². The second kappa shape index (κ2) is 5.11. The van der Waals surface area contributed by atoms with Crippen LogP contribution in [0.25, 0.3) is 0 Å². The van der Waals surface area contributed by atoms with Gasteiger partial charge >= 0.3 is 0 Å². The fourth-order valence-electron chi connectivity index (χ4n) is 2.32. The maximum Gasteiger partial charge on any atom is 0.237 e. The molecule has 18 heavy (non-hydrogen) atoms. The highest BCUT2D eigenvalue weighted by atomic mass is 35.5. The van der Waals surface area contributed by atoms with Crippen LogP contribution in [0, 0.1) is 5.41 Å². The summed E-state index contributed by atoms with van der Waals surface area (Å²) in [5.74, 6) is -0.155. The Balaban J connectivity index is 2.15. The van der Waals surface area contributed by atoms with Gasteiger partial charge in [-0.15, -0.1) is 0 Å². The summed E-state index contributed by atoms with van der Waals surface area (Å²) < 4.78 is 0. The lowest BCUT2D eigenvalue weighted by atomic mass is 9.82. The van der Waals surface area contributed by atoms with Gasteiger partial charge in [-0.3, -0.25) is 9.59 Å². The standard InChI is InChI=1S/C14H16ClNO2/c1-14(12(15)17)8-5-9-16(13(14)18)10-11-6-3-2-4-7-11/h2-4,6-7H,5,8-10H2,1H3. The average molecular weight is 266 g/mol. The van der Waals surface area contributed by atoms with Gasteiger partial charge < -0.3 is 4.90 Å². The van der Waals surface area contributed by atoms with E-state index in [1.54, 1.807) is 11.8 Å². The van der Waals surface area contributed by atoms with Crippen LogP contribution in [0.2, 0.25) is 0 Å². The third kappa shape index (κ3) is 2.41. The predicted octanol–water partition coefficient (Wildman–Crippen LogP) is 2.58. The Bertz CT molecular complexity index is 460. The van der Waals surface area contributed by atoms with Crippen molar-refractivity contribution in [3.8, 4) is 0 Å². The highest BCUT2D eigenvalue weighted by Gasteiger charge is 2.44. The molecule has 0 N–H and O–H groups in total. The first-order chi connectivity index (χ1) is 8.54. The fourth-order valence-corrected chi connectivity index (χ4v) is 2.49. The summed E-state index contributed by atoms with van der Waals surface area (Å²) in [6.07, 6.45) is 1.35. The number of halogens is 1. The molecule has 1 aliphatic rings. The molecule has 1 fully saturated rings. The first kappa shape index (κ1) is 13.1. The Morgan fingerprint density at radius 1 is 1.39 bits per heavy atom. The number of rotatable bonds is 3. The van der Waals surface area contributed by atoms with Crippen LogP contribution in [0.3, 0.4) is 0 Å². The van der Waals surface area contributed by atoms with Crippen LogP contribution in [0.4, 0.5) is 0 Å². The molecule has 0 spiro atoms. The van der Waals surface area contributed by atoms with Gasteiger partial charge in [-0.25, -0.2) is 0 Å². The van der Waals surface area contributed by atoms with Crippen molar-refractivity contribution < 1.29 is 9.59 Å². The smallest absolute Gasteiger partial charge is 0.237 e. The molecule has 1 aromatic carbocycles. The number of hydrogen-bond donors (Lipinski definition) is 0. The average Bonchev–Trinajstić information content (AvgIpc) is 2.36. The van der Waals surface area contributed by atoms with Gasteiger partial charge in [0.15, 0.2) is 0 Å². The van der Waals surface area contributed by atoms with E-state index < -0.39 is 10.7 Å². The van der Waals surface area contributed by atoms with Crippen molar-refractivity contribution in [1.29, 1.82) is 0 Å². The Labute approximate surface area is 112 Å². The first-order valence-electron chi connectivity index (χ1n) is 6.07. The minimum absolute atomic E-state index is 0.155. The lowest BCUT2D eigenvalue weighted by molar-refractivity contribution is -0.150. The summed E-state index contributed by atoms with van der Waals surface area (Å²) in [4.78, 5) is 25.5. The van der Waals surface area contributed by atoms with Crippen molar-refractivity contribution in [3.63, 3.8) is 0 Å². The molecule has 0 aromatic heterocycles. The van der Waals surface area contributed by atoms with E-state index in [1.165, 1.54) is 0 Å². The minimum Gasteiger partial charge on any atom is -0.337 e. The zero-order valence-electron chi connectivity index (χ0n) is 10.4. The van der Waals surface area contributed by atoms with Crippen molar-refractivity contribution in [1.82, 2.24) is 4.90 Å². The van der Waals surface area contributed by atoms with E-state index in [1.807, 2.05) is 30.3 Å². The van der Waals surface area contributed by atoms with E-state index in [-0.39, 0.29) is 5.91 Å². The number of carbonyl (C=O) groups excluding carboxylic acids is 2. The van der Waals surface area contributed by atoms with E-state index in [4.69, 9.17) is 11.6 Å². The van der Waals surface area contributed by atoms with Gasteiger partial charge in [-0.2, -0.15) is 0 Å². The normalized spacial score (nSPS) is 24.1. The first-order valence-corrected chi connectivity index (χ1v) is 6.45. The van der Waals surface area contributed by atoms with Crippen LogP contribution in [0.1, 0.15) is 25.3 Å². The number of carbonyl (C=O) groups is 2. The van der Waals surface area contributed by atoms with Gasteiger partial charge in [0.1, 0.15) is 5.41 Å². The molecule has 0 aliphatic carbocycles. The molecule has 4 heteroatoms. The number of benzene rings is 1. The Hall–Kier alpha value is -1.35. The SMILES string of the molecule is CC1(C(=O)Cl)CCCN(Cc2ccccc2)C1=O. The minimum atomic E-state index is -1.05. The summed E-state index contributed by atoms with van der Waals surface area (Å²) in [5.41, 5.74) is 0.0197. The number of likely N-dealkylation sites (tertiary alicyclic amines) is 1. The van der Waals surface area contributed by atoms with Crippen molar-refractivity contribution >= 4 is 22.8 Å². The van der Waals surface area contributed by atoms with E-state index >= 15 is 0 Å². The van der Waals surface area contributed by atoms with Gasteiger partial charge in [0, 0.05) is 13.1 Å². The lowest BCUT2D eigenvalue weighted by Gasteiger charge is -2.37. The number of amides is 1. The third-order valence-corrected chi connectivity index (χ3v) is 3.93. The quantitative estimate of drug-likeness (QED) is 0.622. The van der Waals surface area contributed by atoms with E-state index in [9.17, 15) is 9.59 Å². The van der Waals surface area contributed by atoms with Crippen molar-refractivity contribution in [2.45, 2.75) is 26.3 Å². The second-order valence-corrected chi connectivity index (χ2v) is 5.26. The molecule has 2 rings (SSSR count). The van der Waals surface area contributed by atoms with E-state index in [2.05, 4.69) is 0 Å². The highest BCUT2D eigenvalue weighted by molar-refractivity contribution is 6.66. The number of hydrogen-bond acceptors (Lipinski definition) is 2. The maximum absolute atomic E-state index is 12.3. The predicted molar refractivity (Wildman–Crippen MR) is 70.1 cm³/mol. The van der Waals surface area contributed by atoms with Crippen LogP contribution in [0.5, 0.6) is 0 Å². The molecule has 1 atom stereocenters. The van der Waals surface area contributed by atoms with Crippen LogP contribution < -0.4 is 0 Å². The number of piperidine rings is 1. The summed E-state index contributed by atoms with van der Waals surface area (Å²) in [5, 5.41) is -0.551. The van der Waals surface area contributed by atoms with Gasteiger partial charge in [-0.1, -0.05) is 30.3 Å². The summed E-state index contributed by atoms with van der Waals surface area (Å²) >= 11 is 5.57. The molecule has 1 heterocycles. The number of nitrogens with zero attached hydrogens (tertiary/aromatic N) is 1. The molecule has 1 unspecified atom stereocenters. The molecule has 1 aliphatic heterocycles. The van der Waals surface area contributed by atoms with Crippen LogP contribution in [0.15, 0.2) is 30.3 Å². The van der Waals surface area contributed by atoms with Crippen molar-refractivity contribution in [2.75, 3.05) is 6.54 Å². The molecular weight excluding hydrogens is 250 g/mol. The van der Waals surface area contributed by atoms with E-state index in [0.717, 1.165) is 12.0 Å². The molecule has 0 saturated carbocycles. The van der Waals surface area contributed by atoms with Crippen LogP contribution in [-0.4, -0.2) is 22.6 Å². The summed E-state index contributed by atoms with van der Waals surface area (Å²) in [7, 11) is 0. The Morgan fingerprint density at radius 3 is 2.67 bits per heavy atom. The van der Waals surface area contributed by atoms with Gasteiger partial charge in [0.25, 0.3) is 0 Å². The fraction of sp³-hybridized carbons (Fsp3) is 0.429. The molecular formula is C14H16ClNO2. The van der Waals surface area contributed by atoms with Gasteiger partial charge in [-0.05, 0) is 36.9 Å². The zero-order chi connectivity index (χ0) is 13.2. The third-order valence-electron chi connectivity index (χ3n) is 3.51. The Kier molecular flexibility index (Phi) is 3.71.